The molecule has 17 heavy (non-hydrogen) atoms. The lowest BCUT2D eigenvalue weighted by molar-refractivity contribution is 0.508. The maximum Gasteiger partial charge on any atom is 0.0415 e. The molecule has 3 rings (SSSR count). The van der Waals surface area contributed by atoms with Crippen LogP contribution in [-0.2, 0) is 6.42 Å². The van der Waals surface area contributed by atoms with Crippen LogP contribution in [0.3, 0.4) is 0 Å². The second kappa shape index (κ2) is 4.69. The lowest BCUT2D eigenvalue weighted by Crippen LogP contribution is -2.43. The van der Waals surface area contributed by atoms with Gasteiger partial charge in [0, 0.05) is 24.8 Å². The zero-order valence-corrected chi connectivity index (χ0v) is 10.4. The van der Waals surface area contributed by atoms with Crippen molar-refractivity contribution < 1.29 is 0 Å². The van der Waals surface area contributed by atoms with Crippen LogP contribution in [0.25, 0.3) is 0 Å². The average Bonchev–Trinajstić information content (AvgIpc) is 3.19. The molecule has 1 aromatic rings. The molecule has 1 saturated carbocycles. The lowest BCUT2D eigenvalue weighted by atomic mass is 9.98. The number of fused-ring (bicyclic) bond motifs is 1. The van der Waals surface area contributed by atoms with Gasteiger partial charge in [0.25, 0.3) is 0 Å². The van der Waals surface area contributed by atoms with Gasteiger partial charge >= 0.3 is 0 Å². The van der Waals surface area contributed by atoms with E-state index in [0.717, 1.165) is 12.5 Å². The fourth-order valence-electron chi connectivity index (χ4n) is 3.03. The van der Waals surface area contributed by atoms with Crippen LogP contribution >= 0.6 is 0 Å². The quantitative estimate of drug-likeness (QED) is 0.861. The molecule has 1 heterocycles. The number of nitrogens with zero attached hydrogens (tertiary/aromatic N) is 1. The van der Waals surface area contributed by atoms with Crippen molar-refractivity contribution in [2.24, 2.45) is 11.7 Å². The van der Waals surface area contributed by atoms with Crippen molar-refractivity contribution in [3.63, 3.8) is 0 Å². The Kier molecular flexibility index (Phi) is 3.06. The first kappa shape index (κ1) is 11.1. The average molecular weight is 230 g/mol. The summed E-state index contributed by atoms with van der Waals surface area (Å²) >= 11 is 0. The minimum Gasteiger partial charge on any atom is -0.367 e. The molecule has 0 bridgehead atoms. The van der Waals surface area contributed by atoms with Crippen molar-refractivity contribution in [1.29, 1.82) is 0 Å². The first-order chi connectivity index (χ1) is 8.38. The first-order valence-electron chi connectivity index (χ1n) is 6.93. The van der Waals surface area contributed by atoms with Gasteiger partial charge in [-0.3, -0.25) is 0 Å². The molecule has 0 saturated heterocycles. The van der Waals surface area contributed by atoms with Gasteiger partial charge in [0.2, 0.25) is 0 Å². The topological polar surface area (TPSA) is 29.3 Å². The van der Waals surface area contributed by atoms with Crippen molar-refractivity contribution in [1.82, 2.24) is 0 Å². The van der Waals surface area contributed by atoms with Gasteiger partial charge in [-0.25, -0.2) is 0 Å². The molecule has 1 aliphatic heterocycles. The van der Waals surface area contributed by atoms with E-state index in [-0.39, 0.29) is 0 Å². The number of benzene rings is 1. The summed E-state index contributed by atoms with van der Waals surface area (Å²) in [5.74, 6) is 0.956. The summed E-state index contributed by atoms with van der Waals surface area (Å²) in [6, 6.07) is 9.41. The van der Waals surface area contributed by atoms with Crippen molar-refractivity contribution in [3.8, 4) is 0 Å². The maximum absolute atomic E-state index is 6.00. The second-order valence-electron chi connectivity index (χ2n) is 5.49. The van der Waals surface area contributed by atoms with Gasteiger partial charge in [-0.2, -0.15) is 0 Å². The Hall–Kier alpha value is -1.02. The fourth-order valence-corrected chi connectivity index (χ4v) is 3.03. The second-order valence-corrected chi connectivity index (χ2v) is 5.49. The normalized spacial score (nSPS) is 21.1. The standard InChI is InChI=1S/C15H22N2/c16-11-14(10-12-7-8-12)17-9-3-5-13-4-1-2-6-15(13)17/h1-2,4,6,12,14H,3,5,7-11,16H2. The molecule has 1 fully saturated rings. The predicted molar refractivity (Wildman–Crippen MR) is 72.3 cm³/mol. The number of nitrogens with two attached hydrogens (primary N) is 1. The van der Waals surface area contributed by atoms with Crippen LogP contribution < -0.4 is 10.6 Å². The number of hydrogen-bond donors (Lipinski definition) is 1. The van der Waals surface area contributed by atoms with Gasteiger partial charge in [0.15, 0.2) is 0 Å². The van der Waals surface area contributed by atoms with Gasteiger partial charge in [0.1, 0.15) is 0 Å². The number of anilines is 1. The molecule has 2 N–H and O–H groups in total. The van der Waals surface area contributed by atoms with Crippen LogP contribution in [0.5, 0.6) is 0 Å². The third-order valence-corrected chi connectivity index (χ3v) is 4.16. The third-order valence-electron chi connectivity index (χ3n) is 4.16. The van der Waals surface area contributed by atoms with Gasteiger partial charge in [-0.15, -0.1) is 0 Å². The van der Waals surface area contributed by atoms with E-state index in [1.54, 1.807) is 0 Å². The van der Waals surface area contributed by atoms with Gasteiger partial charge in [-0.1, -0.05) is 31.0 Å². The Morgan fingerprint density at radius 1 is 1.29 bits per heavy atom. The molecule has 1 atom stereocenters. The Labute approximate surface area is 104 Å². The molecule has 0 amide bonds. The van der Waals surface area contributed by atoms with Crippen LogP contribution in [-0.4, -0.2) is 19.1 Å². The summed E-state index contributed by atoms with van der Waals surface area (Å²) in [5.41, 5.74) is 8.94. The smallest absolute Gasteiger partial charge is 0.0415 e. The molecular weight excluding hydrogens is 208 g/mol. The summed E-state index contributed by atoms with van der Waals surface area (Å²) in [6.45, 7) is 1.98. The Morgan fingerprint density at radius 2 is 2.12 bits per heavy atom. The lowest BCUT2D eigenvalue weighted by Gasteiger charge is -2.37. The molecule has 2 aliphatic rings. The molecule has 0 radical (unpaired) electrons. The summed E-state index contributed by atoms with van der Waals surface area (Å²) in [7, 11) is 0. The minimum atomic E-state index is 0.559. The van der Waals surface area contributed by atoms with Gasteiger partial charge < -0.3 is 10.6 Å². The van der Waals surface area contributed by atoms with E-state index in [9.17, 15) is 0 Å². The first-order valence-corrected chi connectivity index (χ1v) is 6.93. The van der Waals surface area contributed by atoms with Crippen LogP contribution in [0.1, 0.15) is 31.2 Å². The van der Waals surface area contributed by atoms with E-state index in [1.165, 1.54) is 49.9 Å². The van der Waals surface area contributed by atoms with Crippen molar-refractivity contribution >= 4 is 5.69 Å². The zero-order valence-electron chi connectivity index (χ0n) is 10.4. The third kappa shape index (κ3) is 2.32. The van der Waals surface area contributed by atoms with Crippen molar-refractivity contribution in [2.45, 2.75) is 38.1 Å². The monoisotopic (exact) mass is 230 g/mol. The van der Waals surface area contributed by atoms with Crippen LogP contribution in [0.15, 0.2) is 24.3 Å². The fraction of sp³-hybridized carbons (Fsp3) is 0.600. The summed E-state index contributed by atoms with van der Waals surface area (Å²) in [6.07, 6.45) is 6.65. The molecule has 2 heteroatoms. The molecule has 1 unspecified atom stereocenters. The summed E-state index contributed by atoms with van der Waals surface area (Å²) < 4.78 is 0. The number of rotatable bonds is 4. The number of para-hydroxylation sites is 1. The van der Waals surface area contributed by atoms with E-state index in [1.807, 2.05) is 0 Å². The molecule has 1 aliphatic carbocycles. The Bertz CT molecular complexity index is 384. The van der Waals surface area contributed by atoms with E-state index in [4.69, 9.17) is 5.73 Å². The molecule has 1 aromatic carbocycles. The van der Waals surface area contributed by atoms with Gasteiger partial charge in [-0.05, 0) is 36.8 Å². The Balaban J connectivity index is 1.82. The highest BCUT2D eigenvalue weighted by atomic mass is 15.2. The highest BCUT2D eigenvalue weighted by Gasteiger charge is 2.29. The van der Waals surface area contributed by atoms with E-state index in [2.05, 4.69) is 29.2 Å². The van der Waals surface area contributed by atoms with E-state index < -0.39 is 0 Å². The molecule has 2 nitrogen and oxygen atoms in total. The van der Waals surface area contributed by atoms with Crippen LogP contribution in [0, 0.1) is 5.92 Å². The molecule has 0 spiro atoms. The molecule has 0 aromatic heterocycles. The molecular formula is C15H22N2. The van der Waals surface area contributed by atoms with E-state index in [0.29, 0.717) is 6.04 Å². The maximum atomic E-state index is 6.00. The largest absolute Gasteiger partial charge is 0.367 e. The van der Waals surface area contributed by atoms with E-state index >= 15 is 0 Å². The highest BCUT2D eigenvalue weighted by Crippen LogP contribution is 2.37. The summed E-state index contributed by atoms with van der Waals surface area (Å²) in [5, 5.41) is 0. The highest BCUT2D eigenvalue weighted by molar-refractivity contribution is 5.56. The molecule has 92 valence electrons. The van der Waals surface area contributed by atoms with Crippen molar-refractivity contribution in [3.05, 3.63) is 29.8 Å². The number of hydrogen-bond acceptors (Lipinski definition) is 2. The van der Waals surface area contributed by atoms with Crippen LogP contribution in [0.4, 0.5) is 5.69 Å². The predicted octanol–water partition coefficient (Wildman–Crippen LogP) is 2.57. The van der Waals surface area contributed by atoms with Crippen molar-refractivity contribution in [2.75, 3.05) is 18.0 Å². The number of aryl methyl sites for hydroxylation is 1. The van der Waals surface area contributed by atoms with Gasteiger partial charge in [0.05, 0.1) is 0 Å². The SMILES string of the molecule is NCC(CC1CC1)N1CCCc2ccccc21. The zero-order chi connectivity index (χ0) is 11.7. The Morgan fingerprint density at radius 3 is 2.88 bits per heavy atom. The minimum absolute atomic E-state index is 0.559. The van der Waals surface area contributed by atoms with Crippen LogP contribution in [0.2, 0.25) is 0 Å². The summed E-state index contributed by atoms with van der Waals surface area (Å²) in [4.78, 5) is 2.57.